The molecule has 0 heterocycles. The van der Waals surface area contributed by atoms with Crippen LogP contribution in [0.2, 0.25) is 10.0 Å². The molecule has 0 unspecified atom stereocenters. The Hall–Kier alpha value is -1.52. The topological polar surface area (TPSA) is 69.2 Å². The zero-order valence-electron chi connectivity index (χ0n) is 7.87. The van der Waals surface area contributed by atoms with Gasteiger partial charge >= 0.3 is 0 Å². The SMILES string of the molecule is O=C([O-])C=CC(=O)Nc1c(Cl)cccc1Cl. The average molecular weight is 259 g/mol. The Morgan fingerprint density at radius 1 is 1.19 bits per heavy atom. The van der Waals surface area contributed by atoms with Gasteiger partial charge in [0.25, 0.3) is 0 Å². The minimum Gasteiger partial charge on any atom is -0.545 e. The number of hydrogen-bond acceptors (Lipinski definition) is 3. The molecule has 0 aromatic heterocycles. The number of halogens is 2. The number of amides is 1. The van der Waals surface area contributed by atoms with E-state index < -0.39 is 11.9 Å². The fourth-order valence-electron chi connectivity index (χ4n) is 0.926. The molecule has 0 aliphatic carbocycles. The molecule has 1 amide bonds. The molecule has 0 fully saturated rings. The Bertz CT molecular complexity index is 437. The number of anilines is 1. The van der Waals surface area contributed by atoms with Crippen molar-refractivity contribution in [3.05, 3.63) is 40.4 Å². The summed E-state index contributed by atoms with van der Waals surface area (Å²) in [4.78, 5) is 21.3. The maximum atomic E-state index is 11.2. The number of hydrogen-bond donors (Lipinski definition) is 1. The highest BCUT2D eigenvalue weighted by Gasteiger charge is 2.06. The van der Waals surface area contributed by atoms with Crippen molar-refractivity contribution in [2.75, 3.05) is 5.32 Å². The van der Waals surface area contributed by atoms with Gasteiger partial charge in [0.1, 0.15) is 0 Å². The van der Waals surface area contributed by atoms with Crippen LogP contribution in [0, 0.1) is 0 Å². The molecule has 0 atom stereocenters. The molecule has 1 aromatic rings. The maximum absolute atomic E-state index is 11.2. The van der Waals surface area contributed by atoms with Gasteiger partial charge in [-0.1, -0.05) is 29.3 Å². The molecular formula is C10H6Cl2NO3-. The Morgan fingerprint density at radius 3 is 2.25 bits per heavy atom. The van der Waals surface area contributed by atoms with E-state index in [2.05, 4.69) is 5.32 Å². The predicted molar refractivity (Wildman–Crippen MR) is 59.2 cm³/mol. The third kappa shape index (κ3) is 3.56. The Balaban J connectivity index is 2.81. The highest BCUT2D eigenvalue weighted by atomic mass is 35.5. The normalized spacial score (nSPS) is 10.4. The van der Waals surface area contributed by atoms with Crippen LogP contribution >= 0.6 is 23.2 Å². The number of carbonyl (C=O) groups is 2. The quantitative estimate of drug-likeness (QED) is 0.830. The van der Waals surface area contributed by atoms with Crippen molar-refractivity contribution in [2.24, 2.45) is 0 Å². The van der Waals surface area contributed by atoms with Gasteiger partial charge in [-0.15, -0.1) is 0 Å². The first-order valence-electron chi connectivity index (χ1n) is 4.15. The summed E-state index contributed by atoms with van der Waals surface area (Å²) in [5.41, 5.74) is 0.235. The second-order valence-electron chi connectivity index (χ2n) is 2.74. The number of rotatable bonds is 3. The van der Waals surface area contributed by atoms with Crippen molar-refractivity contribution in [1.29, 1.82) is 0 Å². The molecule has 6 heteroatoms. The Morgan fingerprint density at radius 2 is 1.75 bits per heavy atom. The van der Waals surface area contributed by atoms with E-state index in [0.717, 1.165) is 6.08 Å². The molecule has 0 radical (unpaired) electrons. The monoisotopic (exact) mass is 258 g/mol. The highest BCUT2D eigenvalue weighted by molar-refractivity contribution is 6.39. The highest BCUT2D eigenvalue weighted by Crippen LogP contribution is 2.29. The lowest BCUT2D eigenvalue weighted by atomic mass is 10.3. The third-order valence-corrected chi connectivity index (χ3v) is 2.21. The van der Waals surface area contributed by atoms with Crippen molar-refractivity contribution in [3.8, 4) is 0 Å². The van der Waals surface area contributed by atoms with Crippen LogP contribution < -0.4 is 10.4 Å². The lowest BCUT2D eigenvalue weighted by molar-refractivity contribution is -0.297. The van der Waals surface area contributed by atoms with Gasteiger partial charge in [-0.2, -0.15) is 0 Å². The van der Waals surface area contributed by atoms with E-state index in [1.54, 1.807) is 18.2 Å². The maximum Gasteiger partial charge on any atom is 0.248 e. The molecule has 1 aromatic carbocycles. The summed E-state index contributed by atoms with van der Waals surface area (Å²) in [7, 11) is 0. The molecule has 1 N–H and O–H groups in total. The van der Waals surface area contributed by atoms with Gasteiger partial charge in [0.15, 0.2) is 0 Å². The summed E-state index contributed by atoms with van der Waals surface area (Å²) < 4.78 is 0. The van der Waals surface area contributed by atoms with Crippen LogP contribution in [0.5, 0.6) is 0 Å². The van der Waals surface area contributed by atoms with Gasteiger partial charge in [0.2, 0.25) is 5.91 Å². The summed E-state index contributed by atoms with van der Waals surface area (Å²) in [6, 6.07) is 4.72. The van der Waals surface area contributed by atoms with Crippen molar-refractivity contribution in [3.63, 3.8) is 0 Å². The minimum atomic E-state index is -1.46. The summed E-state index contributed by atoms with van der Waals surface area (Å²) in [6.07, 6.45) is 1.43. The van der Waals surface area contributed by atoms with E-state index in [0.29, 0.717) is 6.08 Å². The summed E-state index contributed by atoms with van der Waals surface area (Å²) in [6.45, 7) is 0. The number of carboxylic acids is 1. The van der Waals surface area contributed by atoms with Gasteiger partial charge in [-0.25, -0.2) is 0 Å². The first-order chi connectivity index (χ1) is 7.50. The van der Waals surface area contributed by atoms with E-state index in [1.165, 1.54) is 0 Å². The zero-order chi connectivity index (χ0) is 12.1. The first-order valence-corrected chi connectivity index (χ1v) is 4.90. The van der Waals surface area contributed by atoms with Crippen molar-refractivity contribution in [1.82, 2.24) is 0 Å². The Labute approximate surface area is 101 Å². The van der Waals surface area contributed by atoms with Crippen molar-refractivity contribution in [2.45, 2.75) is 0 Å². The molecule has 0 saturated carbocycles. The van der Waals surface area contributed by atoms with Crippen LogP contribution in [0.3, 0.4) is 0 Å². The lowest BCUT2D eigenvalue weighted by Gasteiger charge is -2.06. The molecule has 16 heavy (non-hydrogen) atoms. The van der Waals surface area contributed by atoms with Crippen LogP contribution in [0.15, 0.2) is 30.4 Å². The van der Waals surface area contributed by atoms with Crippen LogP contribution in [-0.2, 0) is 9.59 Å². The smallest absolute Gasteiger partial charge is 0.248 e. The fraction of sp³-hybridized carbons (Fsp3) is 0. The summed E-state index contributed by atoms with van der Waals surface area (Å²) >= 11 is 11.6. The van der Waals surface area contributed by atoms with E-state index in [1.807, 2.05) is 0 Å². The standard InChI is InChI=1S/C10H7Cl2NO3/c11-6-2-1-3-7(12)10(6)13-8(14)4-5-9(15)16/h1-5H,(H,13,14)(H,15,16)/p-1. The first kappa shape index (κ1) is 12.5. The number of aliphatic carboxylic acids is 1. The van der Waals surface area contributed by atoms with E-state index in [-0.39, 0.29) is 15.7 Å². The minimum absolute atomic E-state index is 0.235. The number of benzene rings is 1. The second kappa shape index (κ2) is 5.53. The third-order valence-electron chi connectivity index (χ3n) is 1.58. The second-order valence-corrected chi connectivity index (χ2v) is 3.55. The van der Waals surface area contributed by atoms with Crippen LogP contribution in [0.4, 0.5) is 5.69 Å². The van der Waals surface area contributed by atoms with Gasteiger partial charge in [-0.3, -0.25) is 4.79 Å². The number of carbonyl (C=O) groups excluding carboxylic acids is 2. The number of carboxylic acid groups (broad SMARTS) is 1. The molecule has 0 bridgehead atoms. The van der Waals surface area contributed by atoms with Gasteiger partial charge in [-0.05, 0) is 18.2 Å². The van der Waals surface area contributed by atoms with Crippen LogP contribution in [-0.4, -0.2) is 11.9 Å². The lowest BCUT2D eigenvalue weighted by Crippen LogP contribution is -2.20. The van der Waals surface area contributed by atoms with Crippen LogP contribution in [0.1, 0.15) is 0 Å². The number of para-hydroxylation sites is 1. The largest absolute Gasteiger partial charge is 0.545 e. The van der Waals surface area contributed by atoms with Gasteiger partial charge in [0, 0.05) is 6.08 Å². The molecular weight excluding hydrogens is 253 g/mol. The van der Waals surface area contributed by atoms with Crippen molar-refractivity contribution < 1.29 is 14.7 Å². The average Bonchev–Trinajstić information content (AvgIpc) is 2.21. The summed E-state index contributed by atoms with van der Waals surface area (Å²) in [5.74, 6) is -2.11. The van der Waals surface area contributed by atoms with Crippen molar-refractivity contribution >= 4 is 40.8 Å². The molecule has 1 rings (SSSR count). The predicted octanol–water partition coefficient (Wildman–Crippen LogP) is 1.24. The molecule has 0 saturated heterocycles. The molecule has 4 nitrogen and oxygen atoms in total. The zero-order valence-corrected chi connectivity index (χ0v) is 9.38. The molecule has 0 spiro atoms. The van der Waals surface area contributed by atoms with E-state index >= 15 is 0 Å². The fourth-order valence-corrected chi connectivity index (χ4v) is 1.42. The van der Waals surface area contributed by atoms with Crippen LogP contribution in [0.25, 0.3) is 0 Å². The van der Waals surface area contributed by atoms with E-state index in [9.17, 15) is 14.7 Å². The molecule has 84 valence electrons. The number of nitrogens with one attached hydrogen (secondary N) is 1. The van der Waals surface area contributed by atoms with Gasteiger partial charge < -0.3 is 15.2 Å². The molecule has 0 aliphatic heterocycles. The van der Waals surface area contributed by atoms with Gasteiger partial charge in [0.05, 0.1) is 21.7 Å². The summed E-state index contributed by atoms with van der Waals surface area (Å²) in [5, 5.41) is 12.9. The molecule has 0 aliphatic rings. The van der Waals surface area contributed by atoms with E-state index in [4.69, 9.17) is 23.2 Å². The Kier molecular flexibility index (Phi) is 4.34.